The van der Waals surface area contributed by atoms with E-state index in [0.29, 0.717) is 6.04 Å². The number of nitrogens with zero attached hydrogens (tertiary/aromatic N) is 5. The molecule has 0 atom stereocenters. The Labute approximate surface area is 188 Å². The molecule has 0 spiro atoms. The number of morpholine rings is 1. The third-order valence-electron chi connectivity index (χ3n) is 6.19. The molecule has 1 aliphatic heterocycles. The Morgan fingerprint density at radius 1 is 0.969 bits per heavy atom. The van der Waals surface area contributed by atoms with E-state index in [2.05, 4.69) is 42.3 Å². The highest BCUT2D eigenvalue weighted by Crippen LogP contribution is 2.33. The first-order valence-electron chi connectivity index (χ1n) is 11.5. The summed E-state index contributed by atoms with van der Waals surface area (Å²) < 4.78 is 12.0. The van der Waals surface area contributed by atoms with Crippen LogP contribution >= 0.6 is 0 Å². The molecule has 1 aliphatic carbocycles. The zero-order valence-electron chi connectivity index (χ0n) is 18.8. The van der Waals surface area contributed by atoms with Gasteiger partial charge < -0.3 is 19.7 Å². The van der Waals surface area contributed by atoms with Crippen LogP contribution in [0.15, 0.2) is 30.6 Å². The maximum absolute atomic E-state index is 6.52. The molecule has 0 unspecified atom stereocenters. The van der Waals surface area contributed by atoms with E-state index >= 15 is 0 Å². The molecule has 1 N–H and O–H groups in total. The number of benzene rings is 1. The van der Waals surface area contributed by atoms with Crippen LogP contribution in [0, 0.1) is 13.8 Å². The molecule has 8 heteroatoms. The van der Waals surface area contributed by atoms with E-state index < -0.39 is 0 Å². The minimum Gasteiger partial charge on any atom is -0.488 e. The maximum atomic E-state index is 6.52. The number of hydrogen-bond donors (Lipinski definition) is 1. The number of ether oxygens (including phenoxy) is 2. The normalized spacial score (nSPS) is 21.5. The molecule has 8 nitrogen and oxygen atoms in total. The van der Waals surface area contributed by atoms with Gasteiger partial charge in [0.1, 0.15) is 22.9 Å². The second-order valence-electron chi connectivity index (χ2n) is 8.65. The van der Waals surface area contributed by atoms with Crippen molar-refractivity contribution in [2.45, 2.75) is 51.7 Å². The van der Waals surface area contributed by atoms with Crippen LogP contribution in [0.3, 0.4) is 0 Å². The second-order valence-corrected chi connectivity index (χ2v) is 8.65. The minimum absolute atomic E-state index is 0.173. The van der Waals surface area contributed by atoms with Crippen LogP contribution in [0.25, 0.3) is 11.0 Å². The lowest BCUT2D eigenvalue weighted by Gasteiger charge is -2.31. The largest absolute Gasteiger partial charge is 0.488 e. The maximum Gasteiger partial charge on any atom is 0.149 e. The lowest BCUT2D eigenvalue weighted by molar-refractivity contribution is 0.122. The van der Waals surface area contributed by atoms with Crippen LogP contribution in [0.1, 0.15) is 37.2 Å². The number of nitrogens with one attached hydrogen (secondary N) is 1. The lowest BCUT2D eigenvalue weighted by Crippen LogP contribution is -2.36. The first-order chi connectivity index (χ1) is 15.6. The average Bonchev–Trinajstić information content (AvgIpc) is 2.80. The lowest BCUT2D eigenvalue weighted by atomic mass is 9.93. The van der Waals surface area contributed by atoms with E-state index in [4.69, 9.17) is 9.47 Å². The van der Waals surface area contributed by atoms with E-state index in [9.17, 15) is 0 Å². The summed E-state index contributed by atoms with van der Waals surface area (Å²) in [7, 11) is 0. The molecule has 5 rings (SSSR count). The molecule has 2 aromatic heterocycles. The SMILES string of the molecule is Cc1cc(N[C@H]2CC[C@@H](Oc3cc(N4CCOCC4)cc4nccnc34)CC2)nc(C)n1. The van der Waals surface area contributed by atoms with E-state index in [1.807, 2.05) is 19.9 Å². The molecule has 1 aromatic carbocycles. The highest BCUT2D eigenvalue weighted by atomic mass is 16.5. The highest BCUT2D eigenvalue weighted by molar-refractivity contribution is 5.85. The van der Waals surface area contributed by atoms with Gasteiger partial charge in [0.2, 0.25) is 0 Å². The number of aryl methyl sites for hydroxylation is 2. The summed E-state index contributed by atoms with van der Waals surface area (Å²) in [5.74, 6) is 2.55. The molecule has 0 amide bonds. The molecule has 3 aromatic rings. The van der Waals surface area contributed by atoms with Gasteiger partial charge in [0.15, 0.2) is 0 Å². The van der Waals surface area contributed by atoms with Crippen molar-refractivity contribution >= 4 is 22.5 Å². The van der Waals surface area contributed by atoms with Crippen LogP contribution in [0.4, 0.5) is 11.5 Å². The van der Waals surface area contributed by atoms with Crippen molar-refractivity contribution in [3.63, 3.8) is 0 Å². The molecule has 1 saturated carbocycles. The number of anilines is 2. The quantitative estimate of drug-likeness (QED) is 0.651. The van der Waals surface area contributed by atoms with Crippen LogP contribution in [-0.2, 0) is 4.74 Å². The molecule has 1 saturated heterocycles. The van der Waals surface area contributed by atoms with Crippen molar-refractivity contribution in [1.82, 2.24) is 19.9 Å². The van der Waals surface area contributed by atoms with Crippen molar-refractivity contribution in [3.8, 4) is 5.75 Å². The fraction of sp³-hybridized carbons (Fsp3) is 0.500. The van der Waals surface area contributed by atoms with Gasteiger partial charge in [0, 0.05) is 55.0 Å². The number of hydrogen-bond acceptors (Lipinski definition) is 8. The van der Waals surface area contributed by atoms with Crippen molar-refractivity contribution in [2.75, 3.05) is 36.5 Å². The van der Waals surface area contributed by atoms with E-state index in [1.54, 1.807) is 12.4 Å². The van der Waals surface area contributed by atoms with Crippen molar-refractivity contribution in [2.24, 2.45) is 0 Å². The summed E-state index contributed by atoms with van der Waals surface area (Å²) in [6.07, 6.45) is 7.71. The topological polar surface area (TPSA) is 85.3 Å². The van der Waals surface area contributed by atoms with Gasteiger partial charge in [0.05, 0.1) is 24.8 Å². The van der Waals surface area contributed by atoms with E-state index in [1.165, 1.54) is 0 Å². The van der Waals surface area contributed by atoms with E-state index in [-0.39, 0.29) is 6.10 Å². The Morgan fingerprint density at radius 3 is 2.53 bits per heavy atom. The van der Waals surface area contributed by atoms with Crippen LogP contribution in [0.2, 0.25) is 0 Å². The molecular formula is C24H30N6O2. The summed E-state index contributed by atoms with van der Waals surface area (Å²) in [6.45, 7) is 7.19. The molecule has 2 aliphatic rings. The standard InChI is InChI=1S/C24H30N6O2/c1-16-13-23(28-17(2)27-16)29-18-3-5-20(6-4-18)32-22-15-19(30-9-11-31-12-10-30)14-21-24(22)26-8-7-25-21/h7-8,13-15,18,20H,3-6,9-12H2,1-2H3,(H,27,28,29)/t18-,20+. The highest BCUT2D eigenvalue weighted by Gasteiger charge is 2.24. The van der Waals surface area contributed by atoms with Gasteiger partial charge in [-0.05, 0) is 45.6 Å². The molecular weight excluding hydrogens is 404 g/mol. The van der Waals surface area contributed by atoms with Gasteiger partial charge in [-0.3, -0.25) is 4.98 Å². The molecule has 32 heavy (non-hydrogen) atoms. The number of rotatable bonds is 5. The molecule has 0 radical (unpaired) electrons. The Kier molecular flexibility index (Phi) is 6.03. The minimum atomic E-state index is 0.173. The monoisotopic (exact) mass is 434 g/mol. The van der Waals surface area contributed by atoms with Gasteiger partial charge in [-0.2, -0.15) is 0 Å². The molecule has 0 bridgehead atoms. The predicted octanol–water partition coefficient (Wildman–Crippen LogP) is 3.68. The molecule has 3 heterocycles. The Morgan fingerprint density at radius 2 is 1.75 bits per heavy atom. The summed E-state index contributed by atoms with van der Waals surface area (Å²) >= 11 is 0. The molecule has 168 valence electrons. The van der Waals surface area contributed by atoms with Crippen LogP contribution < -0.4 is 15.0 Å². The van der Waals surface area contributed by atoms with E-state index in [0.717, 1.165) is 91.8 Å². The Balaban J connectivity index is 1.27. The zero-order chi connectivity index (χ0) is 21.9. The second kappa shape index (κ2) is 9.24. The first-order valence-corrected chi connectivity index (χ1v) is 11.5. The Hall–Kier alpha value is -3.00. The number of fused-ring (bicyclic) bond motifs is 1. The van der Waals surface area contributed by atoms with Gasteiger partial charge in [0.25, 0.3) is 0 Å². The third-order valence-corrected chi connectivity index (χ3v) is 6.19. The molecule has 2 fully saturated rings. The van der Waals surface area contributed by atoms with Gasteiger partial charge in [-0.15, -0.1) is 0 Å². The number of aromatic nitrogens is 4. The van der Waals surface area contributed by atoms with Gasteiger partial charge >= 0.3 is 0 Å². The summed E-state index contributed by atoms with van der Waals surface area (Å²) in [6, 6.07) is 6.64. The summed E-state index contributed by atoms with van der Waals surface area (Å²) in [5.41, 5.74) is 3.82. The fourth-order valence-electron chi connectivity index (χ4n) is 4.63. The third kappa shape index (κ3) is 4.75. The fourth-order valence-corrected chi connectivity index (χ4v) is 4.63. The smallest absolute Gasteiger partial charge is 0.149 e. The first kappa shape index (κ1) is 20.9. The van der Waals surface area contributed by atoms with Crippen molar-refractivity contribution in [3.05, 3.63) is 42.1 Å². The van der Waals surface area contributed by atoms with Gasteiger partial charge in [-0.1, -0.05) is 0 Å². The summed E-state index contributed by atoms with van der Waals surface area (Å²) in [5, 5.41) is 3.58. The predicted molar refractivity (Wildman–Crippen MR) is 124 cm³/mol. The van der Waals surface area contributed by atoms with Crippen molar-refractivity contribution in [1.29, 1.82) is 0 Å². The summed E-state index contributed by atoms with van der Waals surface area (Å²) in [4.78, 5) is 20.3. The van der Waals surface area contributed by atoms with Crippen LogP contribution in [0.5, 0.6) is 5.75 Å². The van der Waals surface area contributed by atoms with Crippen molar-refractivity contribution < 1.29 is 9.47 Å². The average molecular weight is 435 g/mol. The van der Waals surface area contributed by atoms with Gasteiger partial charge in [-0.25, -0.2) is 15.0 Å². The zero-order valence-corrected chi connectivity index (χ0v) is 18.8. The van der Waals surface area contributed by atoms with Crippen LogP contribution in [-0.4, -0.2) is 58.4 Å². The Bertz CT molecular complexity index is 1060.